The van der Waals surface area contributed by atoms with Gasteiger partial charge in [-0.3, -0.25) is 19.7 Å². The van der Waals surface area contributed by atoms with Crippen LogP contribution < -0.4 is 10.6 Å². The van der Waals surface area contributed by atoms with Crippen molar-refractivity contribution in [3.8, 4) is 0 Å². The lowest BCUT2D eigenvalue weighted by molar-refractivity contribution is -0.122. The van der Waals surface area contributed by atoms with Gasteiger partial charge in [0.25, 0.3) is 5.24 Å². The number of anilines is 1. The summed E-state index contributed by atoms with van der Waals surface area (Å²) in [4.78, 5) is 34.5. The molecule has 0 spiro atoms. The van der Waals surface area contributed by atoms with E-state index in [0.717, 1.165) is 21.9 Å². The molecule has 1 atom stereocenters. The van der Waals surface area contributed by atoms with Gasteiger partial charge in [-0.1, -0.05) is 64.7 Å². The summed E-state index contributed by atoms with van der Waals surface area (Å²) in [7, 11) is 0. The molecule has 3 amide bonds. The molecule has 25 heavy (non-hydrogen) atoms. The standard InChI is InChI=1S/C15H14N4O3S3/c1-8-3-2-4-9(5-8)7-23-15-19-18-13(25-15)16-11(20)6-10-12(21)17-14(22)24-10/h2-5,10H,6-7H2,1H3,(H,16,18,20)(H,17,21,22). The zero-order chi connectivity index (χ0) is 17.8. The average molecular weight is 395 g/mol. The Hall–Kier alpha value is -1.91. The first-order valence-corrected chi connectivity index (χ1v) is 10.0. The molecule has 10 heteroatoms. The van der Waals surface area contributed by atoms with Crippen LogP contribution >= 0.6 is 34.9 Å². The normalized spacial score (nSPS) is 16.8. The summed E-state index contributed by atoms with van der Waals surface area (Å²) in [5.41, 5.74) is 2.40. The van der Waals surface area contributed by atoms with Gasteiger partial charge in [0.05, 0.1) is 0 Å². The number of aryl methyl sites for hydroxylation is 1. The van der Waals surface area contributed by atoms with Crippen molar-refractivity contribution in [3.05, 3.63) is 35.4 Å². The highest BCUT2D eigenvalue weighted by Gasteiger charge is 2.33. The highest BCUT2D eigenvalue weighted by molar-refractivity contribution is 8.15. The molecule has 1 aromatic carbocycles. The van der Waals surface area contributed by atoms with Gasteiger partial charge >= 0.3 is 0 Å². The number of nitrogens with one attached hydrogen (secondary N) is 2. The van der Waals surface area contributed by atoms with Crippen LogP contribution in [0.2, 0.25) is 0 Å². The number of thioether (sulfide) groups is 2. The fourth-order valence-electron chi connectivity index (χ4n) is 2.13. The maximum absolute atomic E-state index is 12.0. The first kappa shape index (κ1) is 17.9. The number of hydrogen-bond donors (Lipinski definition) is 2. The average Bonchev–Trinajstić information content (AvgIpc) is 3.11. The van der Waals surface area contributed by atoms with E-state index in [-0.39, 0.29) is 12.3 Å². The van der Waals surface area contributed by atoms with E-state index in [1.165, 1.54) is 22.5 Å². The summed E-state index contributed by atoms with van der Waals surface area (Å²) >= 11 is 3.65. The molecule has 3 rings (SSSR count). The Morgan fingerprint density at radius 3 is 2.92 bits per heavy atom. The Morgan fingerprint density at radius 1 is 1.36 bits per heavy atom. The predicted molar refractivity (Wildman–Crippen MR) is 98.8 cm³/mol. The van der Waals surface area contributed by atoms with Crippen LogP contribution in [0.15, 0.2) is 28.6 Å². The maximum atomic E-state index is 12.0. The Balaban J connectivity index is 1.50. The molecule has 0 bridgehead atoms. The quantitative estimate of drug-likeness (QED) is 0.574. The van der Waals surface area contributed by atoms with Crippen molar-refractivity contribution < 1.29 is 14.4 Å². The van der Waals surface area contributed by atoms with Gasteiger partial charge in [0.15, 0.2) is 4.34 Å². The van der Waals surface area contributed by atoms with E-state index < -0.39 is 16.4 Å². The molecular weight excluding hydrogens is 380 g/mol. The van der Waals surface area contributed by atoms with Gasteiger partial charge in [0, 0.05) is 12.2 Å². The Kier molecular flexibility index (Phi) is 5.71. The molecule has 2 heterocycles. The van der Waals surface area contributed by atoms with Crippen LogP contribution in [-0.4, -0.2) is 32.5 Å². The molecule has 130 valence electrons. The second-order valence-corrected chi connectivity index (χ2v) is 8.66. The van der Waals surface area contributed by atoms with Gasteiger partial charge < -0.3 is 5.32 Å². The Labute approximate surface area is 156 Å². The van der Waals surface area contributed by atoms with Crippen LogP contribution in [0.3, 0.4) is 0 Å². The van der Waals surface area contributed by atoms with Crippen LogP contribution in [0.4, 0.5) is 9.93 Å². The minimum atomic E-state index is -0.685. The smallest absolute Gasteiger partial charge is 0.286 e. The third kappa shape index (κ3) is 5.03. The van der Waals surface area contributed by atoms with Crippen LogP contribution in [0.25, 0.3) is 0 Å². The molecule has 1 unspecified atom stereocenters. The number of carbonyl (C=O) groups excluding carboxylic acids is 3. The zero-order valence-electron chi connectivity index (χ0n) is 13.1. The zero-order valence-corrected chi connectivity index (χ0v) is 15.6. The van der Waals surface area contributed by atoms with E-state index in [1.54, 1.807) is 11.8 Å². The summed E-state index contributed by atoms with van der Waals surface area (Å²) in [5.74, 6) is -0.0313. The van der Waals surface area contributed by atoms with Gasteiger partial charge in [-0.25, -0.2) is 0 Å². The summed E-state index contributed by atoms with van der Waals surface area (Å²) in [6.45, 7) is 2.04. The number of aromatic nitrogens is 2. The Morgan fingerprint density at radius 2 is 2.20 bits per heavy atom. The monoisotopic (exact) mass is 394 g/mol. The number of nitrogens with zero attached hydrogens (tertiary/aromatic N) is 2. The van der Waals surface area contributed by atoms with Gasteiger partial charge in [-0.2, -0.15) is 0 Å². The van der Waals surface area contributed by atoms with Gasteiger partial charge in [0.2, 0.25) is 16.9 Å². The lowest BCUT2D eigenvalue weighted by Crippen LogP contribution is -2.27. The third-order valence-electron chi connectivity index (χ3n) is 3.24. The molecule has 1 fully saturated rings. The number of carbonyl (C=O) groups is 3. The van der Waals surface area contributed by atoms with Crippen molar-refractivity contribution in [1.29, 1.82) is 0 Å². The van der Waals surface area contributed by atoms with E-state index in [2.05, 4.69) is 33.0 Å². The topological polar surface area (TPSA) is 101 Å². The molecule has 2 aromatic rings. The summed E-state index contributed by atoms with van der Waals surface area (Å²) < 4.78 is 0.750. The highest BCUT2D eigenvalue weighted by atomic mass is 32.2. The first-order valence-electron chi connectivity index (χ1n) is 7.33. The SMILES string of the molecule is Cc1cccc(CSc2nnc(NC(=O)CC3SC(=O)NC3=O)s2)c1. The molecule has 0 radical (unpaired) electrons. The molecule has 1 aliphatic rings. The van der Waals surface area contributed by atoms with Gasteiger partial charge in [0.1, 0.15) is 5.25 Å². The van der Waals surface area contributed by atoms with Gasteiger partial charge in [-0.15, -0.1) is 10.2 Å². The van der Waals surface area contributed by atoms with Crippen LogP contribution in [0, 0.1) is 6.92 Å². The first-order chi connectivity index (χ1) is 12.0. The second kappa shape index (κ2) is 7.98. The van der Waals surface area contributed by atoms with Gasteiger partial charge in [-0.05, 0) is 12.5 Å². The van der Waals surface area contributed by atoms with Crippen molar-refractivity contribution in [3.63, 3.8) is 0 Å². The minimum Gasteiger partial charge on any atom is -0.300 e. The number of imide groups is 1. The fourth-order valence-corrected chi connectivity index (χ4v) is 4.66. The predicted octanol–water partition coefficient (Wildman–Crippen LogP) is 2.82. The molecule has 2 N–H and O–H groups in total. The molecule has 1 aromatic heterocycles. The molecule has 1 saturated heterocycles. The van der Waals surface area contributed by atoms with Crippen LogP contribution in [0.1, 0.15) is 17.5 Å². The molecule has 7 nitrogen and oxygen atoms in total. The molecule has 0 aliphatic carbocycles. The summed E-state index contributed by atoms with van der Waals surface area (Å²) in [5, 5.41) is 12.0. The van der Waals surface area contributed by atoms with Crippen molar-refractivity contribution in [2.75, 3.05) is 5.32 Å². The van der Waals surface area contributed by atoms with E-state index in [0.29, 0.717) is 5.13 Å². The van der Waals surface area contributed by atoms with E-state index in [4.69, 9.17) is 0 Å². The van der Waals surface area contributed by atoms with E-state index in [1.807, 2.05) is 19.1 Å². The summed E-state index contributed by atoms with van der Waals surface area (Å²) in [6, 6.07) is 8.22. The largest absolute Gasteiger partial charge is 0.300 e. The number of rotatable bonds is 6. The van der Waals surface area contributed by atoms with Crippen LogP contribution in [-0.2, 0) is 15.3 Å². The van der Waals surface area contributed by atoms with Crippen molar-refractivity contribution in [2.24, 2.45) is 0 Å². The lowest BCUT2D eigenvalue weighted by atomic mass is 10.2. The Bertz CT molecular complexity index is 824. The molecular formula is C15H14N4O3S3. The fraction of sp³-hybridized carbons (Fsp3) is 0.267. The minimum absolute atomic E-state index is 0.0758. The molecule has 0 saturated carbocycles. The third-order valence-corrected chi connectivity index (χ3v) is 6.26. The molecule has 1 aliphatic heterocycles. The van der Waals surface area contributed by atoms with Crippen molar-refractivity contribution in [2.45, 2.75) is 28.7 Å². The lowest BCUT2D eigenvalue weighted by Gasteiger charge is -2.03. The second-order valence-electron chi connectivity index (χ2n) is 5.29. The van der Waals surface area contributed by atoms with E-state index in [9.17, 15) is 14.4 Å². The highest BCUT2D eigenvalue weighted by Crippen LogP contribution is 2.29. The number of amides is 3. The summed E-state index contributed by atoms with van der Waals surface area (Å²) in [6.07, 6.45) is -0.0758. The van der Waals surface area contributed by atoms with Crippen LogP contribution in [0.5, 0.6) is 0 Å². The van der Waals surface area contributed by atoms with Crippen molar-refractivity contribution >= 4 is 57.0 Å². The maximum Gasteiger partial charge on any atom is 0.286 e. The van der Waals surface area contributed by atoms with Crippen molar-refractivity contribution in [1.82, 2.24) is 15.5 Å². The number of hydrogen-bond acceptors (Lipinski definition) is 8. The van der Waals surface area contributed by atoms with E-state index >= 15 is 0 Å². The number of benzene rings is 1.